The SMILES string of the molecule is CC(CO)n1c(CCc2ccccc2)ccc(-c2ccc(O)cc2)c1=O. The molecule has 2 aromatic carbocycles. The third kappa shape index (κ3) is 3.86. The molecule has 3 aromatic rings. The van der Waals surface area contributed by atoms with Gasteiger partial charge in [-0.25, -0.2) is 0 Å². The topological polar surface area (TPSA) is 62.5 Å². The number of phenolic OH excluding ortho intramolecular Hbond substituents is 1. The van der Waals surface area contributed by atoms with E-state index < -0.39 is 0 Å². The zero-order valence-electron chi connectivity index (χ0n) is 14.8. The second kappa shape index (κ2) is 8.02. The molecule has 0 spiro atoms. The van der Waals surface area contributed by atoms with Gasteiger partial charge in [0.05, 0.1) is 12.6 Å². The molecule has 0 aliphatic rings. The minimum Gasteiger partial charge on any atom is -0.508 e. The van der Waals surface area contributed by atoms with Crippen molar-refractivity contribution in [1.82, 2.24) is 4.57 Å². The number of nitrogens with zero attached hydrogens (tertiary/aromatic N) is 1. The highest BCUT2D eigenvalue weighted by atomic mass is 16.3. The molecule has 4 heteroatoms. The first-order chi connectivity index (χ1) is 12.6. The van der Waals surface area contributed by atoms with E-state index in [0.29, 0.717) is 5.56 Å². The number of aromatic nitrogens is 1. The van der Waals surface area contributed by atoms with Crippen LogP contribution in [0, 0.1) is 0 Å². The number of aromatic hydroxyl groups is 1. The molecule has 134 valence electrons. The van der Waals surface area contributed by atoms with E-state index in [1.807, 2.05) is 37.3 Å². The van der Waals surface area contributed by atoms with Gasteiger partial charge in [0.2, 0.25) is 0 Å². The van der Waals surface area contributed by atoms with Crippen molar-refractivity contribution in [2.24, 2.45) is 0 Å². The van der Waals surface area contributed by atoms with Crippen LogP contribution in [-0.2, 0) is 12.8 Å². The molecule has 26 heavy (non-hydrogen) atoms. The average Bonchev–Trinajstić information content (AvgIpc) is 2.67. The first kappa shape index (κ1) is 18.0. The Morgan fingerprint density at radius 1 is 0.923 bits per heavy atom. The smallest absolute Gasteiger partial charge is 0.258 e. The monoisotopic (exact) mass is 349 g/mol. The number of hydrogen-bond donors (Lipinski definition) is 2. The molecule has 0 saturated carbocycles. The lowest BCUT2D eigenvalue weighted by Gasteiger charge is -2.19. The summed E-state index contributed by atoms with van der Waals surface area (Å²) in [7, 11) is 0. The van der Waals surface area contributed by atoms with Gasteiger partial charge in [-0.1, -0.05) is 42.5 Å². The Balaban J connectivity index is 1.98. The summed E-state index contributed by atoms with van der Waals surface area (Å²) in [5.74, 6) is 0.164. The van der Waals surface area contributed by atoms with Crippen LogP contribution in [0.3, 0.4) is 0 Å². The Labute approximate surface area is 153 Å². The van der Waals surface area contributed by atoms with Crippen molar-refractivity contribution in [2.45, 2.75) is 25.8 Å². The van der Waals surface area contributed by atoms with E-state index in [9.17, 15) is 15.0 Å². The fourth-order valence-corrected chi connectivity index (χ4v) is 3.14. The van der Waals surface area contributed by atoms with Crippen LogP contribution in [0.5, 0.6) is 5.75 Å². The number of benzene rings is 2. The van der Waals surface area contributed by atoms with Crippen LogP contribution in [0.4, 0.5) is 0 Å². The lowest BCUT2D eigenvalue weighted by molar-refractivity contribution is 0.234. The van der Waals surface area contributed by atoms with Crippen LogP contribution in [0.25, 0.3) is 11.1 Å². The van der Waals surface area contributed by atoms with Crippen molar-refractivity contribution in [3.05, 3.63) is 88.3 Å². The van der Waals surface area contributed by atoms with Gasteiger partial charge >= 0.3 is 0 Å². The van der Waals surface area contributed by atoms with Gasteiger partial charge in [0.15, 0.2) is 0 Å². The van der Waals surface area contributed by atoms with Gasteiger partial charge in [-0.05, 0) is 55.2 Å². The van der Waals surface area contributed by atoms with Crippen LogP contribution >= 0.6 is 0 Å². The highest BCUT2D eigenvalue weighted by Crippen LogP contribution is 2.21. The van der Waals surface area contributed by atoms with Crippen LogP contribution in [0.1, 0.15) is 24.2 Å². The molecule has 1 atom stereocenters. The molecule has 4 nitrogen and oxygen atoms in total. The predicted molar refractivity (Wildman–Crippen MR) is 103 cm³/mol. The first-order valence-electron chi connectivity index (χ1n) is 8.78. The van der Waals surface area contributed by atoms with E-state index >= 15 is 0 Å². The third-order valence-corrected chi connectivity index (χ3v) is 4.60. The van der Waals surface area contributed by atoms with Crippen LogP contribution < -0.4 is 5.56 Å². The second-order valence-electron chi connectivity index (χ2n) is 6.48. The molecule has 0 amide bonds. The summed E-state index contributed by atoms with van der Waals surface area (Å²) in [5.41, 5.74) is 3.31. The summed E-state index contributed by atoms with van der Waals surface area (Å²) >= 11 is 0. The van der Waals surface area contributed by atoms with Gasteiger partial charge in [-0.2, -0.15) is 0 Å². The molecule has 0 fully saturated rings. The lowest BCUT2D eigenvalue weighted by atomic mass is 10.0. The molecule has 3 rings (SSSR count). The summed E-state index contributed by atoms with van der Waals surface area (Å²) in [6.45, 7) is 1.74. The van der Waals surface area contributed by atoms with E-state index in [1.54, 1.807) is 28.8 Å². The largest absolute Gasteiger partial charge is 0.508 e. The fourth-order valence-electron chi connectivity index (χ4n) is 3.14. The summed E-state index contributed by atoms with van der Waals surface area (Å²) in [5, 5.41) is 19.1. The maximum Gasteiger partial charge on any atom is 0.258 e. The van der Waals surface area contributed by atoms with E-state index in [-0.39, 0.29) is 24.0 Å². The lowest BCUT2D eigenvalue weighted by Crippen LogP contribution is -2.29. The maximum atomic E-state index is 13.1. The number of rotatable bonds is 6. The normalized spacial score (nSPS) is 12.1. The minimum atomic E-state index is -0.301. The Bertz CT molecular complexity index is 914. The minimum absolute atomic E-state index is 0.0999. The Morgan fingerprint density at radius 3 is 2.27 bits per heavy atom. The number of hydrogen-bond acceptors (Lipinski definition) is 3. The average molecular weight is 349 g/mol. The maximum absolute atomic E-state index is 13.1. The van der Waals surface area contributed by atoms with Crippen molar-refractivity contribution in [3.63, 3.8) is 0 Å². The molecule has 1 aromatic heterocycles. The second-order valence-corrected chi connectivity index (χ2v) is 6.48. The van der Waals surface area contributed by atoms with Gasteiger partial charge in [0.1, 0.15) is 5.75 Å². The molecule has 2 N–H and O–H groups in total. The number of aliphatic hydroxyl groups excluding tert-OH is 1. The van der Waals surface area contributed by atoms with Crippen molar-refractivity contribution in [3.8, 4) is 16.9 Å². The molecule has 0 aliphatic heterocycles. The zero-order valence-corrected chi connectivity index (χ0v) is 14.8. The molecule has 1 heterocycles. The van der Waals surface area contributed by atoms with Gasteiger partial charge in [-0.15, -0.1) is 0 Å². The molecular formula is C22H23NO3. The Hall–Kier alpha value is -2.85. The molecule has 0 aliphatic carbocycles. The van der Waals surface area contributed by atoms with Crippen LogP contribution in [0.2, 0.25) is 0 Å². The predicted octanol–water partition coefficient (Wildman–Crippen LogP) is 3.56. The standard InChI is InChI=1S/C22H23NO3/c1-16(15-24)23-19(10-7-17-5-3-2-4-6-17)11-14-21(22(23)26)18-8-12-20(25)13-9-18/h2-6,8-9,11-14,16,24-25H,7,10,15H2,1H3. The molecule has 0 bridgehead atoms. The van der Waals surface area contributed by atoms with Gasteiger partial charge in [-0.3, -0.25) is 4.79 Å². The van der Waals surface area contributed by atoms with E-state index in [0.717, 1.165) is 24.1 Å². The molecular weight excluding hydrogens is 326 g/mol. The highest BCUT2D eigenvalue weighted by molar-refractivity contribution is 5.63. The first-order valence-corrected chi connectivity index (χ1v) is 8.78. The summed E-state index contributed by atoms with van der Waals surface area (Å²) in [6.07, 6.45) is 1.55. The zero-order chi connectivity index (χ0) is 18.5. The van der Waals surface area contributed by atoms with Crippen LogP contribution in [-0.4, -0.2) is 21.4 Å². The highest BCUT2D eigenvalue weighted by Gasteiger charge is 2.15. The van der Waals surface area contributed by atoms with Crippen molar-refractivity contribution < 1.29 is 10.2 Å². The number of pyridine rings is 1. The third-order valence-electron chi connectivity index (χ3n) is 4.60. The fraction of sp³-hybridized carbons (Fsp3) is 0.227. The van der Waals surface area contributed by atoms with E-state index in [1.165, 1.54) is 5.56 Å². The summed E-state index contributed by atoms with van der Waals surface area (Å²) < 4.78 is 1.69. The molecule has 0 radical (unpaired) electrons. The number of aliphatic hydroxyl groups is 1. The van der Waals surface area contributed by atoms with Crippen molar-refractivity contribution in [1.29, 1.82) is 0 Å². The summed E-state index contributed by atoms with van der Waals surface area (Å²) in [4.78, 5) is 13.1. The quantitative estimate of drug-likeness (QED) is 0.715. The van der Waals surface area contributed by atoms with Gasteiger partial charge in [0.25, 0.3) is 5.56 Å². The molecule has 0 saturated heterocycles. The van der Waals surface area contributed by atoms with Gasteiger partial charge < -0.3 is 14.8 Å². The Kier molecular flexibility index (Phi) is 5.54. The number of phenols is 1. The Morgan fingerprint density at radius 2 is 1.62 bits per heavy atom. The van der Waals surface area contributed by atoms with Crippen molar-refractivity contribution in [2.75, 3.05) is 6.61 Å². The van der Waals surface area contributed by atoms with Crippen LogP contribution in [0.15, 0.2) is 71.5 Å². The van der Waals surface area contributed by atoms with Crippen molar-refractivity contribution >= 4 is 0 Å². The van der Waals surface area contributed by atoms with E-state index in [2.05, 4.69) is 12.1 Å². The summed E-state index contributed by atoms with van der Waals surface area (Å²) in [6, 6.07) is 20.2. The van der Waals surface area contributed by atoms with E-state index in [4.69, 9.17) is 0 Å². The number of aryl methyl sites for hydroxylation is 2. The molecule has 1 unspecified atom stereocenters. The van der Waals surface area contributed by atoms with Gasteiger partial charge in [0, 0.05) is 11.3 Å².